The van der Waals surface area contributed by atoms with Gasteiger partial charge in [0.25, 0.3) is 0 Å². The Morgan fingerprint density at radius 1 is 0.964 bits per heavy atom. The molecule has 0 aromatic heterocycles. The molecular weight excluding hydrogens is 351 g/mol. The summed E-state index contributed by atoms with van der Waals surface area (Å²) in [5, 5.41) is 0. The smallest absolute Gasteiger partial charge is 0.314 e. The van der Waals surface area contributed by atoms with Crippen LogP contribution in [0.1, 0.15) is 103 Å². The van der Waals surface area contributed by atoms with Crippen molar-refractivity contribution in [2.45, 2.75) is 104 Å². The molecule has 0 amide bonds. The molecule has 0 heterocycles. The SMILES string of the molecule is CCCCCCCC1CCC(C(=O)Oc2ccc(CCCCC)cc2F)CC1. The van der Waals surface area contributed by atoms with Crippen molar-refractivity contribution in [2.75, 3.05) is 0 Å². The fourth-order valence-corrected chi connectivity index (χ4v) is 4.28. The van der Waals surface area contributed by atoms with Gasteiger partial charge in [0, 0.05) is 0 Å². The van der Waals surface area contributed by atoms with Gasteiger partial charge in [-0.1, -0.05) is 71.3 Å². The molecule has 0 unspecified atom stereocenters. The van der Waals surface area contributed by atoms with Gasteiger partial charge in [0.2, 0.25) is 0 Å². The Labute approximate surface area is 171 Å². The molecular formula is C25H39FO2. The van der Waals surface area contributed by atoms with Crippen LogP contribution in [0.2, 0.25) is 0 Å². The number of unbranched alkanes of at least 4 members (excludes halogenated alkanes) is 6. The molecule has 1 aliphatic carbocycles. The lowest BCUT2D eigenvalue weighted by Gasteiger charge is -2.27. The maximum absolute atomic E-state index is 14.3. The lowest BCUT2D eigenvalue weighted by molar-refractivity contribution is -0.140. The van der Waals surface area contributed by atoms with Crippen LogP contribution in [0.3, 0.4) is 0 Å². The third-order valence-corrected chi connectivity index (χ3v) is 6.17. The summed E-state index contributed by atoms with van der Waals surface area (Å²) in [5.74, 6) is 0.106. The van der Waals surface area contributed by atoms with Crippen LogP contribution in [-0.2, 0) is 11.2 Å². The third-order valence-electron chi connectivity index (χ3n) is 6.17. The Balaban J connectivity index is 1.72. The number of benzene rings is 1. The van der Waals surface area contributed by atoms with E-state index in [1.165, 1.54) is 44.6 Å². The Morgan fingerprint density at radius 3 is 2.32 bits per heavy atom. The Hall–Kier alpha value is -1.38. The Morgan fingerprint density at radius 2 is 1.64 bits per heavy atom. The van der Waals surface area contributed by atoms with E-state index in [4.69, 9.17) is 4.74 Å². The van der Waals surface area contributed by atoms with Crippen LogP contribution < -0.4 is 4.74 Å². The van der Waals surface area contributed by atoms with Crippen LogP contribution in [-0.4, -0.2) is 5.97 Å². The van der Waals surface area contributed by atoms with Gasteiger partial charge in [-0.15, -0.1) is 0 Å². The molecule has 2 rings (SSSR count). The van der Waals surface area contributed by atoms with Crippen LogP contribution in [0.4, 0.5) is 4.39 Å². The number of ether oxygens (including phenoxy) is 1. The van der Waals surface area contributed by atoms with E-state index in [2.05, 4.69) is 13.8 Å². The number of esters is 1. The number of carbonyl (C=O) groups excluding carboxylic acids is 1. The van der Waals surface area contributed by atoms with Crippen molar-refractivity contribution < 1.29 is 13.9 Å². The van der Waals surface area contributed by atoms with Gasteiger partial charge in [-0.05, 0) is 62.1 Å². The quantitative estimate of drug-likeness (QED) is 0.208. The van der Waals surface area contributed by atoms with E-state index in [0.717, 1.165) is 62.8 Å². The maximum Gasteiger partial charge on any atom is 0.314 e. The first-order valence-electron chi connectivity index (χ1n) is 11.6. The molecule has 0 atom stereocenters. The summed E-state index contributed by atoms with van der Waals surface area (Å²) in [7, 11) is 0. The zero-order chi connectivity index (χ0) is 20.2. The summed E-state index contributed by atoms with van der Waals surface area (Å²) in [6.07, 6.45) is 16.1. The van der Waals surface area contributed by atoms with E-state index in [9.17, 15) is 9.18 Å². The summed E-state index contributed by atoms with van der Waals surface area (Å²) >= 11 is 0. The Kier molecular flexibility index (Phi) is 10.6. The second-order valence-corrected chi connectivity index (χ2v) is 8.56. The van der Waals surface area contributed by atoms with E-state index >= 15 is 0 Å². The number of hydrogen-bond acceptors (Lipinski definition) is 2. The van der Waals surface area contributed by atoms with Gasteiger partial charge in [0.1, 0.15) is 0 Å². The number of hydrogen-bond donors (Lipinski definition) is 0. The third kappa shape index (κ3) is 7.93. The van der Waals surface area contributed by atoms with Crippen LogP contribution in [0, 0.1) is 17.7 Å². The number of halogens is 1. The summed E-state index contributed by atoms with van der Waals surface area (Å²) in [6, 6.07) is 5.03. The number of aryl methyl sites for hydroxylation is 1. The predicted octanol–water partition coefficient (Wildman–Crippen LogP) is 7.63. The van der Waals surface area contributed by atoms with Crippen LogP contribution in [0.25, 0.3) is 0 Å². The average molecular weight is 391 g/mol. The molecule has 0 saturated heterocycles. The minimum absolute atomic E-state index is 0.0695. The largest absolute Gasteiger partial charge is 0.423 e. The summed E-state index contributed by atoms with van der Waals surface area (Å²) < 4.78 is 19.7. The van der Waals surface area contributed by atoms with Gasteiger partial charge >= 0.3 is 5.97 Å². The van der Waals surface area contributed by atoms with E-state index in [1.54, 1.807) is 6.07 Å². The number of rotatable bonds is 12. The van der Waals surface area contributed by atoms with Gasteiger partial charge in [0.05, 0.1) is 5.92 Å². The van der Waals surface area contributed by atoms with E-state index in [1.807, 2.05) is 6.07 Å². The molecule has 0 spiro atoms. The first-order chi connectivity index (χ1) is 13.6. The topological polar surface area (TPSA) is 26.3 Å². The molecule has 2 nitrogen and oxygen atoms in total. The first kappa shape index (κ1) is 22.9. The first-order valence-corrected chi connectivity index (χ1v) is 11.6. The second kappa shape index (κ2) is 13.0. The molecule has 28 heavy (non-hydrogen) atoms. The second-order valence-electron chi connectivity index (χ2n) is 8.56. The minimum Gasteiger partial charge on any atom is -0.423 e. The van der Waals surface area contributed by atoms with Crippen molar-refractivity contribution in [3.8, 4) is 5.75 Å². The lowest BCUT2D eigenvalue weighted by Crippen LogP contribution is -2.26. The molecule has 3 heteroatoms. The van der Waals surface area contributed by atoms with Crippen LogP contribution >= 0.6 is 0 Å². The Bertz CT molecular complexity index is 576. The number of carbonyl (C=O) groups is 1. The average Bonchev–Trinajstić information content (AvgIpc) is 2.70. The molecule has 1 fully saturated rings. The summed E-state index contributed by atoms with van der Waals surface area (Å²) in [5.41, 5.74) is 0.977. The van der Waals surface area contributed by atoms with Crippen LogP contribution in [0.15, 0.2) is 18.2 Å². The zero-order valence-electron chi connectivity index (χ0n) is 18.0. The molecule has 1 saturated carbocycles. The van der Waals surface area contributed by atoms with Crippen molar-refractivity contribution in [2.24, 2.45) is 11.8 Å². The normalized spacial score (nSPS) is 19.5. The van der Waals surface area contributed by atoms with Crippen molar-refractivity contribution in [3.63, 3.8) is 0 Å². The highest BCUT2D eigenvalue weighted by Crippen LogP contribution is 2.33. The molecule has 1 aromatic rings. The molecule has 0 bridgehead atoms. The fourth-order valence-electron chi connectivity index (χ4n) is 4.28. The highest BCUT2D eigenvalue weighted by molar-refractivity contribution is 5.75. The van der Waals surface area contributed by atoms with Gasteiger partial charge < -0.3 is 4.74 Å². The van der Waals surface area contributed by atoms with Crippen LogP contribution in [0.5, 0.6) is 5.75 Å². The molecule has 0 aliphatic heterocycles. The molecule has 0 N–H and O–H groups in total. The van der Waals surface area contributed by atoms with Crippen molar-refractivity contribution in [1.82, 2.24) is 0 Å². The van der Waals surface area contributed by atoms with Crippen molar-refractivity contribution >= 4 is 5.97 Å². The standard InChI is InChI=1S/C25H39FO2/c1-3-5-7-8-10-11-20-13-16-22(17-14-20)25(27)28-24-18-15-21(19-23(24)26)12-9-6-4-2/h15,18-20,22H,3-14,16-17H2,1-2H3. The maximum atomic E-state index is 14.3. The van der Waals surface area contributed by atoms with Gasteiger partial charge in [-0.25, -0.2) is 4.39 Å². The molecule has 1 aromatic carbocycles. The van der Waals surface area contributed by atoms with Gasteiger partial charge in [-0.3, -0.25) is 4.79 Å². The van der Waals surface area contributed by atoms with E-state index in [-0.39, 0.29) is 17.6 Å². The van der Waals surface area contributed by atoms with Crippen molar-refractivity contribution in [1.29, 1.82) is 0 Å². The lowest BCUT2D eigenvalue weighted by atomic mass is 9.80. The predicted molar refractivity (Wildman–Crippen MR) is 114 cm³/mol. The van der Waals surface area contributed by atoms with Gasteiger partial charge in [0.15, 0.2) is 11.6 Å². The molecule has 0 radical (unpaired) electrons. The highest BCUT2D eigenvalue weighted by atomic mass is 19.1. The summed E-state index contributed by atoms with van der Waals surface area (Å²) in [6.45, 7) is 4.40. The minimum atomic E-state index is -0.414. The monoisotopic (exact) mass is 390 g/mol. The van der Waals surface area contributed by atoms with E-state index in [0.29, 0.717) is 0 Å². The molecule has 1 aliphatic rings. The molecule has 158 valence electrons. The highest BCUT2D eigenvalue weighted by Gasteiger charge is 2.28. The van der Waals surface area contributed by atoms with E-state index < -0.39 is 5.82 Å². The summed E-state index contributed by atoms with van der Waals surface area (Å²) in [4.78, 5) is 12.5. The van der Waals surface area contributed by atoms with Gasteiger partial charge in [-0.2, -0.15) is 0 Å². The fraction of sp³-hybridized carbons (Fsp3) is 0.720. The zero-order valence-corrected chi connectivity index (χ0v) is 18.0. The van der Waals surface area contributed by atoms with Crippen molar-refractivity contribution in [3.05, 3.63) is 29.6 Å².